The van der Waals surface area contributed by atoms with Crippen molar-refractivity contribution in [1.29, 1.82) is 0 Å². The fourth-order valence-corrected chi connectivity index (χ4v) is 2.83. The number of urea groups is 1. The number of ether oxygens (including phenoxy) is 1. The minimum Gasteiger partial charge on any atom is -0.459 e. The Balaban J connectivity index is 2.16. The minimum absolute atomic E-state index is 0.0970. The number of rotatable bonds is 7. The zero-order valence-corrected chi connectivity index (χ0v) is 14.9. The van der Waals surface area contributed by atoms with Crippen molar-refractivity contribution in [2.45, 2.75) is 26.0 Å². The number of aryl methyl sites for hydroxylation is 1. The fourth-order valence-electron chi connectivity index (χ4n) is 2.36. The zero-order chi connectivity index (χ0) is 18.4. The third-order valence-electron chi connectivity index (χ3n) is 3.57. The Morgan fingerprint density at radius 1 is 1.36 bits per heavy atom. The van der Waals surface area contributed by atoms with Crippen LogP contribution in [0.15, 0.2) is 33.5 Å². The summed E-state index contributed by atoms with van der Waals surface area (Å²) in [5.74, 6) is 0.0679. The van der Waals surface area contributed by atoms with Crippen LogP contribution in [0.4, 0.5) is 4.79 Å². The standard InChI is InChI=1S/C17H20N2O5S/c1-10-3-4-12-11(8-15(20)24-14(12)7-10)9-23-16(21)13(5-6-25-2)19-17(18)22/h3-4,7-8,13H,5-6,9H2,1-2H3,(H3,18,19,22). The number of nitrogens with two attached hydrogens (primary N) is 1. The molecule has 0 aliphatic carbocycles. The van der Waals surface area contributed by atoms with Gasteiger partial charge in [-0.1, -0.05) is 12.1 Å². The number of primary amides is 1. The SMILES string of the molecule is CSCCC(NC(N)=O)C(=O)OCc1cc(=O)oc2cc(C)ccc12. The van der Waals surface area contributed by atoms with E-state index in [2.05, 4.69) is 5.32 Å². The predicted octanol–water partition coefficient (Wildman–Crippen LogP) is 1.93. The van der Waals surface area contributed by atoms with E-state index in [4.69, 9.17) is 14.9 Å². The molecular weight excluding hydrogens is 344 g/mol. The normalized spacial score (nSPS) is 11.9. The van der Waals surface area contributed by atoms with Crippen molar-refractivity contribution in [3.05, 3.63) is 45.8 Å². The Kier molecular flexibility index (Phi) is 6.46. The lowest BCUT2D eigenvalue weighted by Gasteiger charge is -2.16. The molecule has 2 rings (SSSR count). The van der Waals surface area contributed by atoms with Crippen molar-refractivity contribution >= 4 is 34.7 Å². The van der Waals surface area contributed by atoms with Gasteiger partial charge < -0.3 is 20.2 Å². The number of esters is 1. The highest BCUT2D eigenvalue weighted by atomic mass is 32.2. The van der Waals surface area contributed by atoms with Gasteiger partial charge >= 0.3 is 17.6 Å². The van der Waals surface area contributed by atoms with Crippen molar-refractivity contribution in [3.63, 3.8) is 0 Å². The van der Waals surface area contributed by atoms with Crippen LogP contribution < -0.4 is 16.7 Å². The highest BCUT2D eigenvalue weighted by molar-refractivity contribution is 7.98. The van der Waals surface area contributed by atoms with Crippen molar-refractivity contribution in [2.24, 2.45) is 5.73 Å². The lowest BCUT2D eigenvalue weighted by Crippen LogP contribution is -2.44. The van der Waals surface area contributed by atoms with E-state index in [1.807, 2.05) is 25.3 Å². The van der Waals surface area contributed by atoms with E-state index < -0.39 is 23.7 Å². The Morgan fingerprint density at radius 3 is 2.80 bits per heavy atom. The average molecular weight is 364 g/mol. The lowest BCUT2D eigenvalue weighted by atomic mass is 10.1. The molecule has 3 N–H and O–H groups in total. The summed E-state index contributed by atoms with van der Waals surface area (Å²) in [6.45, 7) is 1.79. The van der Waals surface area contributed by atoms with Crippen LogP contribution in [0.25, 0.3) is 11.0 Å². The summed E-state index contributed by atoms with van der Waals surface area (Å²) >= 11 is 1.54. The van der Waals surface area contributed by atoms with E-state index in [0.29, 0.717) is 28.7 Å². The predicted molar refractivity (Wildman–Crippen MR) is 96.5 cm³/mol. The van der Waals surface area contributed by atoms with Gasteiger partial charge in [-0.3, -0.25) is 0 Å². The molecule has 1 unspecified atom stereocenters. The van der Waals surface area contributed by atoms with Crippen LogP contribution >= 0.6 is 11.8 Å². The summed E-state index contributed by atoms with van der Waals surface area (Å²) in [6.07, 6.45) is 2.30. The van der Waals surface area contributed by atoms with Gasteiger partial charge in [0.05, 0.1) is 0 Å². The first kappa shape index (κ1) is 18.9. The zero-order valence-electron chi connectivity index (χ0n) is 14.0. The van der Waals surface area contributed by atoms with Crippen LogP contribution in [0.5, 0.6) is 0 Å². The van der Waals surface area contributed by atoms with Gasteiger partial charge in [-0.05, 0) is 37.0 Å². The Morgan fingerprint density at radius 2 is 2.12 bits per heavy atom. The molecule has 8 heteroatoms. The second-order valence-corrected chi connectivity index (χ2v) is 6.53. The molecule has 1 atom stereocenters. The Labute approximate surface area is 148 Å². The van der Waals surface area contributed by atoms with E-state index in [9.17, 15) is 14.4 Å². The van der Waals surface area contributed by atoms with Gasteiger partial charge in [0, 0.05) is 17.0 Å². The Hall–Kier alpha value is -2.48. The molecule has 25 heavy (non-hydrogen) atoms. The molecule has 0 spiro atoms. The second-order valence-electron chi connectivity index (χ2n) is 5.54. The first-order valence-electron chi connectivity index (χ1n) is 7.65. The molecule has 134 valence electrons. The number of carbonyl (C=O) groups excluding carboxylic acids is 2. The molecule has 0 bridgehead atoms. The van der Waals surface area contributed by atoms with Crippen molar-refractivity contribution in [2.75, 3.05) is 12.0 Å². The van der Waals surface area contributed by atoms with Crippen molar-refractivity contribution in [1.82, 2.24) is 5.32 Å². The first-order valence-corrected chi connectivity index (χ1v) is 9.05. The van der Waals surface area contributed by atoms with Gasteiger partial charge in [0.25, 0.3) is 0 Å². The summed E-state index contributed by atoms with van der Waals surface area (Å²) in [5, 5.41) is 3.07. The van der Waals surface area contributed by atoms with E-state index in [1.54, 1.807) is 17.8 Å². The number of hydrogen-bond donors (Lipinski definition) is 2. The largest absolute Gasteiger partial charge is 0.459 e. The third kappa shape index (κ3) is 5.25. The summed E-state index contributed by atoms with van der Waals surface area (Å²) in [4.78, 5) is 35.0. The highest BCUT2D eigenvalue weighted by Crippen LogP contribution is 2.19. The van der Waals surface area contributed by atoms with E-state index in [-0.39, 0.29) is 6.61 Å². The van der Waals surface area contributed by atoms with Gasteiger partial charge in [0.15, 0.2) is 0 Å². The second kappa shape index (κ2) is 8.57. The van der Waals surface area contributed by atoms with E-state index in [0.717, 1.165) is 5.56 Å². The summed E-state index contributed by atoms with van der Waals surface area (Å²) < 4.78 is 10.5. The maximum absolute atomic E-state index is 12.2. The quantitative estimate of drug-likeness (QED) is 0.573. The fraction of sp³-hybridized carbons (Fsp3) is 0.353. The summed E-state index contributed by atoms with van der Waals surface area (Å²) in [7, 11) is 0. The van der Waals surface area contributed by atoms with Crippen LogP contribution in [-0.4, -0.2) is 30.1 Å². The van der Waals surface area contributed by atoms with Crippen LogP contribution in [0.3, 0.4) is 0 Å². The van der Waals surface area contributed by atoms with Crippen LogP contribution in [0, 0.1) is 6.92 Å². The maximum atomic E-state index is 12.2. The van der Waals surface area contributed by atoms with Crippen molar-refractivity contribution < 1.29 is 18.7 Å². The number of nitrogens with one attached hydrogen (secondary N) is 1. The molecule has 0 radical (unpaired) electrons. The molecular formula is C17H20N2O5S. The molecule has 0 aliphatic rings. The topological polar surface area (TPSA) is 112 Å². The van der Waals surface area contributed by atoms with Crippen LogP contribution in [-0.2, 0) is 16.1 Å². The molecule has 2 aromatic rings. The Bertz CT molecular complexity index is 833. The summed E-state index contributed by atoms with van der Waals surface area (Å²) in [5.41, 5.74) is 6.52. The molecule has 1 aromatic heterocycles. The molecule has 0 fully saturated rings. The molecule has 1 aromatic carbocycles. The molecule has 0 saturated heterocycles. The summed E-state index contributed by atoms with van der Waals surface area (Å²) in [6, 6.07) is 5.12. The molecule has 0 saturated carbocycles. The number of thioether (sulfide) groups is 1. The monoisotopic (exact) mass is 364 g/mol. The van der Waals surface area contributed by atoms with Crippen LogP contribution in [0.1, 0.15) is 17.5 Å². The van der Waals surface area contributed by atoms with Gasteiger partial charge in [0.1, 0.15) is 18.2 Å². The number of hydrogen-bond acceptors (Lipinski definition) is 6. The van der Waals surface area contributed by atoms with Crippen LogP contribution in [0.2, 0.25) is 0 Å². The van der Waals surface area contributed by atoms with Gasteiger partial charge in [-0.2, -0.15) is 11.8 Å². The van der Waals surface area contributed by atoms with Gasteiger partial charge in [-0.25, -0.2) is 14.4 Å². The molecule has 2 amide bonds. The molecule has 0 aliphatic heterocycles. The highest BCUT2D eigenvalue weighted by Gasteiger charge is 2.21. The molecule has 1 heterocycles. The van der Waals surface area contributed by atoms with E-state index >= 15 is 0 Å². The first-order chi connectivity index (χ1) is 11.9. The smallest absolute Gasteiger partial charge is 0.336 e. The van der Waals surface area contributed by atoms with Gasteiger partial charge in [0.2, 0.25) is 0 Å². The van der Waals surface area contributed by atoms with Crippen molar-refractivity contribution in [3.8, 4) is 0 Å². The lowest BCUT2D eigenvalue weighted by molar-refractivity contribution is -0.147. The number of carbonyl (C=O) groups is 2. The average Bonchev–Trinajstić information content (AvgIpc) is 2.55. The van der Waals surface area contributed by atoms with Gasteiger partial charge in [-0.15, -0.1) is 0 Å². The third-order valence-corrected chi connectivity index (χ3v) is 4.21. The maximum Gasteiger partial charge on any atom is 0.336 e. The molecule has 7 nitrogen and oxygen atoms in total. The number of fused-ring (bicyclic) bond motifs is 1. The minimum atomic E-state index is -0.821. The number of benzene rings is 1. The number of amides is 2. The van der Waals surface area contributed by atoms with E-state index in [1.165, 1.54) is 6.07 Å².